The Hall–Kier alpha value is -2.12. The molecular weight excluding hydrogens is 428 g/mol. The van der Waals surface area contributed by atoms with E-state index in [-0.39, 0.29) is 22.7 Å². The van der Waals surface area contributed by atoms with E-state index in [2.05, 4.69) is 20.8 Å². The second-order valence-corrected chi connectivity index (χ2v) is 11.2. The van der Waals surface area contributed by atoms with Gasteiger partial charge < -0.3 is 4.74 Å². The van der Waals surface area contributed by atoms with Crippen LogP contribution in [-0.4, -0.2) is 28.4 Å². The minimum atomic E-state index is -0.339. The summed E-state index contributed by atoms with van der Waals surface area (Å²) in [5.74, 6) is 0.367. The Morgan fingerprint density at radius 2 is 2.06 bits per heavy atom. The van der Waals surface area contributed by atoms with Gasteiger partial charge in [-0.15, -0.1) is 11.3 Å². The third kappa shape index (κ3) is 4.17. The van der Waals surface area contributed by atoms with Crippen LogP contribution in [0.2, 0.25) is 0 Å². The average Bonchev–Trinajstić information content (AvgIpc) is 3.10. The second-order valence-electron chi connectivity index (χ2n) is 9.18. The fourth-order valence-electron chi connectivity index (χ4n) is 4.25. The first kappa shape index (κ1) is 22.1. The molecule has 2 heterocycles. The van der Waals surface area contributed by atoms with Crippen LogP contribution in [-0.2, 0) is 22.4 Å². The summed E-state index contributed by atoms with van der Waals surface area (Å²) in [5, 5.41) is 1.28. The van der Waals surface area contributed by atoms with E-state index >= 15 is 0 Å². The predicted molar refractivity (Wildman–Crippen MR) is 128 cm³/mol. The van der Waals surface area contributed by atoms with Gasteiger partial charge in [-0.25, -0.2) is 4.98 Å². The number of thiophene rings is 1. The average molecular weight is 457 g/mol. The van der Waals surface area contributed by atoms with Crippen molar-refractivity contribution in [3.05, 3.63) is 50.6 Å². The molecule has 0 radical (unpaired) electrons. The maximum absolute atomic E-state index is 13.8. The highest BCUT2D eigenvalue weighted by Crippen LogP contribution is 2.42. The van der Waals surface area contributed by atoms with Crippen molar-refractivity contribution in [1.29, 1.82) is 0 Å². The molecule has 0 unspecified atom stereocenters. The van der Waals surface area contributed by atoms with Crippen LogP contribution in [0.5, 0.6) is 0 Å². The molecule has 1 aromatic carbocycles. The number of hydrogen-bond acceptors (Lipinski definition) is 6. The third-order valence-corrected chi connectivity index (χ3v) is 8.24. The first-order valence-electron chi connectivity index (χ1n) is 10.5. The molecule has 0 saturated heterocycles. The molecule has 1 aliphatic rings. The largest absolute Gasteiger partial charge is 0.468 e. The SMILES string of the molecule is COC(=O)CSc1nc2sc3c(c2c(=O)n1-c1ccccc1C)CC[C@H](C(C)(C)C)C3. The summed E-state index contributed by atoms with van der Waals surface area (Å²) in [6, 6.07) is 7.79. The number of fused-ring (bicyclic) bond motifs is 3. The number of benzene rings is 1. The molecule has 7 heteroatoms. The van der Waals surface area contributed by atoms with Crippen LogP contribution < -0.4 is 5.56 Å². The van der Waals surface area contributed by atoms with Crippen LogP contribution in [0.25, 0.3) is 15.9 Å². The van der Waals surface area contributed by atoms with E-state index in [9.17, 15) is 9.59 Å². The summed E-state index contributed by atoms with van der Waals surface area (Å²) in [5.41, 5.74) is 3.16. The van der Waals surface area contributed by atoms with Gasteiger partial charge in [0.1, 0.15) is 4.83 Å². The van der Waals surface area contributed by atoms with Crippen LogP contribution in [0.3, 0.4) is 0 Å². The Bertz CT molecular complexity index is 1200. The monoisotopic (exact) mass is 456 g/mol. The number of esters is 1. The molecule has 0 fully saturated rings. The summed E-state index contributed by atoms with van der Waals surface area (Å²) in [7, 11) is 1.37. The fourth-order valence-corrected chi connectivity index (χ4v) is 6.43. The molecule has 0 amide bonds. The highest BCUT2D eigenvalue weighted by molar-refractivity contribution is 7.99. The summed E-state index contributed by atoms with van der Waals surface area (Å²) in [6.45, 7) is 8.86. The van der Waals surface area contributed by atoms with Gasteiger partial charge in [0.15, 0.2) is 5.16 Å². The van der Waals surface area contributed by atoms with Crippen LogP contribution in [0.1, 0.15) is 43.2 Å². The zero-order chi connectivity index (χ0) is 22.3. The van der Waals surface area contributed by atoms with Gasteiger partial charge in [-0.3, -0.25) is 14.2 Å². The van der Waals surface area contributed by atoms with E-state index in [0.29, 0.717) is 11.1 Å². The Morgan fingerprint density at radius 3 is 2.74 bits per heavy atom. The molecular formula is C24H28N2O3S2. The molecule has 3 aromatic rings. The van der Waals surface area contributed by atoms with Gasteiger partial charge in [0, 0.05) is 4.88 Å². The van der Waals surface area contributed by atoms with Gasteiger partial charge in [-0.2, -0.15) is 0 Å². The number of rotatable bonds is 4. The number of para-hydroxylation sites is 1. The summed E-state index contributed by atoms with van der Waals surface area (Å²) in [6.07, 6.45) is 3.00. The van der Waals surface area contributed by atoms with Crippen LogP contribution in [0.4, 0.5) is 0 Å². The molecule has 4 rings (SSSR count). The molecule has 0 N–H and O–H groups in total. The lowest BCUT2D eigenvalue weighted by Crippen LogP contribution is -2.27. The lowest BCUT2D eigenvalue weighted by Gasteiger charge is -2.33. The van der Waals surface area contributed by atoms with E-state index in [1.54, 1.807) is 15.9 Å². The lowest BCUT2D eigenvalue weighted by atomic mass is 9.72. The first-order chi connectivity index (χ1) is 14.7. The third-order valence-electron chi connectivity index (χ3n) is 6.18. The zero-order valence-electron chi connectivity index (χ0n) is 18.7. The fraction of sp³-hybridized carbons (Fsp3) is 0.458. The Kier molecular flexibility index (Phi) is 6.01. The first-order valence-corrected chi connectivity index (χ1v) is 12.3. The van der Waals surface area contributed by atoms with Crippen molar-refractivity contribution >= 4 is 39.3 Å². The molecule has 1 atom stereocenters. The summed E-state index contributed by atoms with van der Waals surface area (Å²) < 4.78 is 6.47. The number of aromatic nitrogens is 2. The molecule has 0 spiro atoms. The highest BCUT2D eigenvalue weighted by atomic mass is 32.2. The number of carbonyl (C=O) groups is 1. The highest BCUT2D eigenvalue weighted by Gasteiger charge is 2.32. The Morgan fingerprint density at radius 1 is 1.32 bits per heavy atom. The van der Waals surface area contributed by atoms with Crippen molar-refractivity contribution in [2.45, 2.75) is 52.1 Å². The smallest absolute Gasteiger partial charge is 0.316 e. The Balaban J connectivity index is 1.90. The van der Waals surface area contributed by atoms with Gasteiger partial charge in [0.25, 0.3) is 5.56 Å². The molecule has 5 nitrogen and oxygen atoms in total. The van der Waals surface area contributed by atoms with Crippen LogP contribution in [0.15, 0.2) is 34.2 Å². The molecule has 0 bridgehead atoms. The van der Waals surface area contributed by atoms with Crippen molar-refractivity contribution in [2.75, 3.05) is 12.9 Å². The van der Waals surface area contributed by atoms with Gasteiger partial charge in [-0.05, 0) is 54.7 Å². The summed E-state index contributed by atoms with van der Waals surface area (Å²) in [4.78, 5) is 32.6. The number of methoxy groups -OCH3 is 1. The predicted octanol–water partition coefficient (Wildman–Crippen LogP) is 5.17. The van der Waals surface area contributed by atoms with E-state index in [0.717, 1.165) is 40.7 Å². The van der Waals surface area contributed by atoms with Crippen molar-refractivity contribution in [3.8, 4) is 5.69 Å². The number of thioether (sulfide) groups is 1. The van der Waals surface area contributed by atoms with Crippen molar-refractivity contribution < 1.29 is 9.53 Å². The summed E-state index contributed by atoms with van der Waals surface area (Å²) >= 11 is 2.89. The molecule has 0 aliphatic heterocycles. The number of aryl methyl sites for hydroxylation is 2. The van der Waals surface area contributed by atoms with Crippen molar-refractivity contribution in [3.63, 3.8) is 0 Å². The molecule has 1 aliphatic carbocycles. The topological polar surface area (TPSA) is 61.2 Å². The van der Waals surface area contributed by atoms with Crippen LogP contribution >= 0.6 is 23.1 Å². The van der Waals surface area contributed by atoms with Crippen molar-refractivity contribution in [2.24, 2.45) is 11.3 Å². The normalized spacial score (nSPS) is 16.4. The van der Waals surface area contributed by atoms with E-state index < -0.39 is 0 Å². The van der Waals surface area contributed by atoms with Gasteiger partial charge in [0.05, 0.1) is 23.9 Å². The van der Waals surface area contributed by atoms with Crippen molar-refractivity contribution in [1.82, 2.24) is 9.55 Å². The molecule has 2 aromatic heterocycles. The number of carbonyl (C=O) groups excluding carboxylic acids is 1. The maximum atomic E-state index is 13.8. The standard InChI is InChI=1S/C24H28N2O3S2/c1-14-8-6-7-9-17(14)26-22(28)20-16-11-10-15(24(2,3)4)12-18(16)31-21(20)25-23(26)30-13-19(27)29-5/h6-9,15H,10-13H2,1-5H3/t15-/m0/s1. The van der Waals surface area contributed by atoms with Crippen LogP contribution in [0, 0.1) is 18.3 Å². The number of hydrogen-bond donors (Lipinski definition) is 0. The minimum Gasteiger partial charge on any atom is -0.468 e. The zero-order valence-corrected chi connectivity index (χ0v) is 20.3. The quantitative estimate of drug-likeness (QED) is 0.308. The lowest BCUT2D eigenvalue weighted by molar-refractivity contribution is -0.137. The second kappa shape index (κ2) is 8.43. The molecule has 31 heavy (non-hydrogen) atoms. The minimum absolute atomic E-state index is 0.0432. The molecule has 0 saturated carbocycles. The maximum Gasteiger partial charge on any atom is 0.316 e. The van der Waals surface area contributed by atoms with Gasteiger partial charge >= 0.3 is 5.97 Å². The number of ether oxygens (including phenoxy) is 1. The van der Waals surface area contributed by atoms with Gasteiger partial charge in [-0.1, -0.05) is 50.7 Å². The molecule has 164 valence electrons. The van der Waals surface area contributed by atoms with E-state index in [1.807, 2.05) is 31.2 Å². The Labute approximate surface area is 190 Å². The van der Waals surface area contributed by atoms with Gasteiger partial charge in [0.2, 0.25) is 0 Å². The number of nitrogens with zero attached hydrogens (tertiary/aromatic N) is 2. The van der Waals surface area contributed by atoms with E-state index in [4.69, 9.17) is 9.72 Å². The van der Waals surface area contributed by atoms with E-state index in [1.165, 1.54) is 29.3 Å².